The number of hydrogen-bond donors (Lipinski definition) is 1. The Morgan fingerprint density at radius 3 is 2.53 bits per heavy atom. The molecule has 0 spiro atoms. The molecule has 1 aliphatic heterocycles. The minimum absolute atomic E-state index is 0.518. The van der Waals surface area contributed by atoms with Crippen molar-refractivity contribution in [3.8, 4) is 0 Å². The summed E-state index contributed by atoms with van der Waals surface area (Å²) in [6, 6.07) is 0.518. The topological polar surface area (TPSA) is 25.2 Å². The fourth-order valence-electron chi connectivity index (χ4n) is 2.60. The van der Waals surface area contributed by atoms with Gasteiger partial charge in [-0.1, -0.05) is 12.8 Å². The molecular formula is C13H21NO. The van der Waals surface area contributed by atoms with Crippen molar-refractivity contribution in [2.24, 2.45) is 0 Å². The summed E-state index contributed by atoms with van der Waals surface area (Å²) < 4.78 is 5.70. The molecule has 1 aromatic rings. The van der Waals surface area contributed by atoms with Gasteiger partial charge in [0.2, 0.25) is 0 Å². The summed E-state index contributed by atoms with van der Waals surface area (Å²) >= 11 is 0. The second-order valence-electron chi connectivity index (χ2n) is 4.61. The van der Waals surface area contributed by atoms with Crippen molar-refractivity contribution >= 4 is 0 Å². The Labute approximate surface area is 92.1 Å². The molecule has 1 unspecified atom stereocenters. The lowest BCUT2D eigenvalue weighted by atomic mass is 9.98. The fraction of sp³-hybridized carbons (Fsp3) is 0.692. The minimum Gasteiger partial charge on any atom is -0.466 e. The molecule has 1 atom stereocenters. The van der Waals surface area contributed by atoms with Gasteiger partial charge in [0.1, 0.15) is 11.5 Å². The summed E-state index contributed by atoms with van der Waals surface area (Å²) in [7, 11) is 0. The largest absolute Gasteiger partial charge is 0.466 e. The van der Waals surface area contributed by atoms with E-state index in [2.05, 4.69) is 26.1 Å². The summed E-state index contributed by atoms with van der Waals surface area (Å²) in [5, 5.41) is 3.63. The van der Waals surface area contributed by atoms with E-state index in [1.807, 2.05) is 0 Å². The van der Waals surface area contributed by atoms with Gasteiger partial charge >= 0.3 is 0 Å². The van der Waals surface area contributed by atoms with Gasteiger partial charge in [-0.25, -0.2) is 0 Å². The van der Waals surface area contributed by atoms with Crippen LogP contribution < -0.4 is 5.32 Å². The van der Waals surface area contributed by atoms with Gasteiger partial charge in [0.05, 0.1) is 0 Å². The molecule has 0 aromatic carbocycles. The molecule has 2 heteroatoms. The van der Waals surface area contributed by atoms with Crippen molar-refractivity contribution in [2.45, 2.75) is 52.5 Å². The average molecular weight is 207 g/mol. The third-order valence-electron chi connectivity index (χ3n) is 3.53. The van der Waals surface area contributed by atoms with Crippen LogP contribution in [0.1, 0.15) is 54.4 Å². The first-order valence-electron chi connectivity index (χ1n) is 6.00. The highest BCUT2D eigenvalue weighted by atomic mass is 16.3. The van der Waals surface area contributed by atoms with Crippen molar-refractivity contribution in [3.05, 3.63) is 22.6 Å². The molecule has 0 amide bonds. The van der Waals surface area contributed by atoms with Crippen molar-refractivity contribution in [2.75, 3.05) is 6.54 Å². The molecule has 2 nitrogen and oxygen atoms in total. The fourth-order valence-corrected chi connectivity index (χ4v) is 2.60. The van der Waals surface area contributed by atoms with Gasteiger partial charge in [-0.3, -0.25) is 0 Å². The van der Waals surface area contributed by atoms with Crippen LogP contribution in [0, 0.1) is 20.8 Å². The van der Waals surface area contributed by atoms with E-state index in [9.17, 15) is 0 Å². The summed E-state index contributed by atoms with van der Waals surface area (Å²) in [5.74, 6) is 2.18. The maximum Gasteiger partial charge on any atom is 0.106 e. The van der Waals surface area contributed by atoms with Gasteiger partial charge < -0.3 is 9.73 Å². The zero-order chi connectivity index (χ0) is 10.8. The Bertz CT molecular complexity index is 333. The molecule has 1 saturated heterocycles. The van der Waals surface area contributed by atoms with Crippen LogP contribution in [-0.2, 0) is 0 Å². The lowest BCUT2D eigenvalue weighted by Gasteiger charge is -2.16. The molecule has 2 heterocycles. The molecule has 0 bridgehead atoms. The minimum atomic E-state index is 0.518. The standard InChI is InChI=1S/C13H21NO/c1-9-10(2)15-11(3)13(9)12-7-5-4-6-8-14-12/h12,14H,4-8H2,1-3H3. The Morgan fingerprint density at radius 1 is 1.07 bits per heavy atom. The van der Waals surface area contributed by atoms with Gasteiger partial charge in [0, 0.05) is 11.6 Å². The van der Waals surface area contributed by atoms with E-state index in [0.29, 0.717) is 6.04 Å². The maximum absolute atomic E-state index is 5.70. The van der Waals surface area contributed by atoms with Crippen LogP contribution in [0.25, 0.3) is 0 Å². The smallest absolute Gasteiger partial charge is 0.106 e. The highest BCUT2D eigenvalue weighted by Gasteiger charge is 2.21. The van der Waals surface area contributed by atoms with E-state index in [-0.39, 0.29) is 0 Å². The van der Waals surface area contributed by atoms with Gasteiger partial charge in [-0.15, -0.1) is 0 Å². The third kappa shape index (κ3) is 2.10. The van der Waals surface area contributed by atoms with Crippen LogP contribution >= 0.6 is 0 Å². The number of aryl methyl sites for hydroxylation is 2. The van der Waals surface area contributed by atoms with Gasteiger partial charge in [0.15, 0.2) is 0 Å². The predicted octanol–water partition coefficient (Wildman–Crippen LogP) is 3.41. The first kappa shape index (κ1) is 10.7. The number of nitrogens with one attached hydrogen (secondary N) is 1. The second kappa shape index (κ2) is 4.40. The Balaban J connectivity index is 2.26. The average Bonchev–Trinajstić information content (AvgIpc) is 2.46. The first-order valence-corrected chi connectivity index (χ1v) is 6.00. The van der Waals surface area contributed by atoms with Gasteiger partial charge in [-0.05, 0) is 45.7 Å². The molecule has 15 heavy (non-hydrogen) atoms. The van der Waals surface area contributed by atoms with Crippen LogP contribution in [0.5, 0.6) is 0 Å². The van der Waals surface area contributed by atoms with E-state index >= 15 is 0 Å². The summed E-state index contributed by atoms with van der Waals surface area (Å²) in [6.07, 6.45) is 5.26. The molecule has 84 valence electrons. The van der Waals surface area contributed by atoms with E-state index in [4.69, 9.17) is 4.42 Å². The highest BCUT2D eigenvalue weighted by Crippen LogP contribution is 2.31. The molecule has 1 aliphatic rings. The summed E-state index contributed by atoms with van der Waals surface area (Å²) in [6.45, 7) is 7.46. The molecule has 0 saturated carbocycles. The maximum atomic E-state index is 5.70. The molecule has 0 aliphatic carbocycles. The molecule has 1 N–H and O–H groups in total. The predicted molar refractivity (Wildman–Crippen MR) is 62.1 cm³/mol. The lowest BCUT2D eigenvalue weighted by molar-refractivity contribution is 0.480. The van der Waals surface area contributed by atoms with Gasteiger partial charge in [-0.2, -0.15) is 0 Å². The van der Waals surface area contributed by atoms with Crippen LogP contribution in [0.2, 0.25) is 0 Å². The van der Waals surface area contributed by atoms with Crippen LogP contribution in [0.3, 0.4) is 0 Å². The van der Waals surface area contributed by atoms with Crippen molar-refractivity contribution in [3.63, 3.8) is 0 Å². The number of furan rings is 1. The molecule has 0 radical (unpaired) electrons. The molecule has 1 aromatic heterocycles. The number of rotatable bonds is 1. The third-order valence-corrected chi connectivity index (χ3v) is 3.53. The van der Waals surface area contributed by atoms with E-state index in [1.165, 1.54) is 36.8 Å². The Hall–Kier alpha value is -0.760. The van der Waals surface area contributed by atoms with Crippen molar-refractivity contribution in [1.82, 2.24) is 5.32 Å². The van der Waals surface area contributed by atoms with E-state index in [0.717, 1.165) is 18.1 Å². The van der Waals surface area contributed by atoms with Crippen LogP contribution in [0.15, 0.2) is 4.42 Å². The zero-order valence-corrected chi connectivity index (χ0v) is 10.0. The van der Waals surface area contributed by atoms with Crippen molar-refractivity contribution < 1.29 is 4.42 Å². The monoisotopic (exact) mass is 207 g/mol. The van der Waals surface area contributed by atoms with Crippen LogP contribution in [0.4, 0.5) is 0 Å². The first-order chi connectivity index (χ1) is 7.20. The SMILES string of the molecule is Cc1oc(C)c(C2CCCCCN2)c1C. The summed E-state index contributed by atoms with van der Waals surface area (Å²) in [4.78, 5) is 0. The Morgan fingerprint density at radius 2 is 1.87 bits per heavy atom. The molecule has 1 fully saturated rings. The highest BCUT2D eigenvalue weighted by molar-refractivity contribution is 5.34. The van der Waals surface area contributed by atoms with Gasteiger partial charge in [0.25, 0.3) is 0 Å². The normalized spacial score (nSPS) is 22.7. The quantitative estimate of drug-likeness (QED) is 0.763. The van der Waals surface area contributed by atoms with E-state index < -0.39 is 0 Å². The van der Waals surface area contributed by atoms with E-state index in [1.54, 1.807) is 0 Å². The van der Waals surface area contributed by atoms with Crippen molar-refractivity contribution in [1.29, 1.82) is 0 Å². The summed E-state index contributed by atoms with van der Waals surface area (Å²) in [5.41, 5.74) is 2.75. The lowest BCUT2D eigenvalue weighted by Crippen LogP contribution is -2.21. The molecule has 2 rings (SSSR count). The zero-order valence-electron chi connectivity index (χ0n) is 10.0. The second-order valence-corrected chi connectivity index (χ2v) is 4.61. The molecular weight excluding hydrogens is 186 g/mol. The Kier molecular flexibility index (Phi) is 3.15. The number of hydrogen-bond acceptors (Lipinski definition) is 2. The van der Waals surface area contributed by atoms with Crippen LogP contribution in [-0.4, -0.2) is 6.54 Å².